The fraction of sp³-hybridized carbons (Fsp3) is 0.190. The Bertz CT molecular complexity index is 1230. The molecule has 0 unspecified atom stereocenters. The number of nitrogens with zero attached hydrogens (tertiary/aromatic N) is 1. The minimum atomic E-state index is -0.546. The molecule has 7 heteroatoms. The van der Waals surface area contributed by atoms with Gasteiger partial charge in [-0.2, -0.15) is 5.10 Å². The Balaban J connectivity index is 1.82. The van der Waals surface area contributed by atoms with Gasteiger partial charge >= 0.3 is 5.97 Å². The van der Waals surface area contributed by atoms with E-state index in [1.165, 1.54) is 0 Å². The predicted octanol–water partition coefficient (Wildman–Crippen LogP) is 3.71. The molecule has 0 fully saturated rings. The van der Waals surface area contributed by atoms with Crippen molar-refractivity contribution in [3.05, 3.63) is 63.8 Å². The van der Waals surface area contributed by atoms with Gasteiger partial charge in [0.2, 0.25) is 0 Å². The highest BCUT2D eigenvalue weighted by atomic mass is 16.5. The standard InChI is InChI=1S/C21H20N4O3/c1-4-28-21(27)17-10-15-18(20(26)23-17)12(3)22-19(15)14-7-5-13(6-8-14)16-9-11(2)24-25-16/h5-10,22H,4H2,1-3H3,(H,23,26)(H,24,25). The fourth-order valence-electron chi connectivity index (χ4n) is 3.37. The molecule has 0 aliphatic rings. The number of aryl methyl sites for hydroxylation is 2. The summed E-state index contributed by atoms with van der Waals surface area (Å²) in [6.45, 7) is 5.76. The Kier molecular flexibility index (Phi) is 4.35. The third kappa shape index (κ3) is 3.00. The highest BCUT2D eigenvalue weighted by Gasteiger charge is 2.17. The summed E-state index contributed by atoms with van der Waals surface area (Å²) in [5.41, 5.74) is 5.13. The summed E-state index contributed by atoms with van der Waals surface area (Å²) in [5, 5.41) is 8.43. The molecule has 28 heavy (non-hydrogen) atoms. The molecule has 0 aliphatic heterocycles. The number of ether oxygens (including phenoxy) is 1. The molecule has 0 amide bonds. The van der Waals surface area contributed by atoms with Crippen molar-refractivity contribution in [2.24, 2.45) is 0 Å². The Morgan fingerprint density at radius 1 is 1.07 bits per heavy atom. The lowest BCUT2D eigenvalue weighted by atomic mass is 10.0. The molecule has 3 N–H and O–H groups in total. The number of pyridine rings is 1. The van der Waals surface area contributed by atoms with E-state index in [0.29, 0.717) is 10.8 Å². The average Bonchev–Trinajstić information content (AvgIpc) is 3.26. The normalized spacial score (nSPS) is 11.1. The number of H-pyrrole nitrogens is 3. The number of hydrogen-bond acceptors (Lipinski definition) is 4. The number of aromatic amines is 3. The molecule has 0 spiro atoms. The molecule has 0 saturated carbocycles. The van der Waals surface area contributed by atoms with Crippen LogP contribution >= 0.6 is 0 Å². The van der Waals surface area contributed by atoms with Gasteiger partial charge in [-0.05, 0) is 38.5 Å². The van der Waals surface area contributed by atoms with Gasteiger partial charge in [-0.1, -0.05) is 24.3 Å². The minimum Gasteiger partial charge on any atom is -0.461 e. The summed E-state index contributed by atoms with van der Waals surface area (Å²) >= 11 is 0. The van der Waals surface area contributed by atoms with E-state index in [-0.39, 0.29) is 17.9 Å². The van der Waals surface area contributed by atoms with E-state index in [0.717, 1.165) is 33.9 Å². The smallest absolute Gasteiger partial charge is 0.354 e. The summed E-state index contributed by atoms with van der Waals surface area (Å²) in [6, 6.07) is 11.5. The second kappa shape index (κ2) is 6.84. The van der Waals surface area contributed by atoms with E-state index in [2.05, 4.69) is 20.2 Å². The summed E-state index contributed by atoms with van der Waals surface area (Å²) in [4.78, 5) is 30.5. The van der Waals surface area contributed by atoms with Gasteiger partial charge in [0.15, 0.2) is 0 Å². The first-order chi connectivity index (χ1) is 13.5. The van der Waals surface area contributed by atoms with Gasteiger partial charge in [0.25, 0.3) is 5.56 Å². The molecule has 0 radical (unpaired) electrons. The molecule has 4 rings (SSSR count). The number of fused-ring (bicyclic) bond motifs is 1. The van der Waals surface area contributed by atoms with Gasteiger partial charge in [-0.15, -0.1) is 0 Å². The number of nitrogens with one attached hydrogen (secondary N) is 3. The van der Waals surface area contributed by atoms with Crippen molar-refractivity contribution in [3.63, 3.8) is 0 Å². The van der Waals surface area contributed by atoms with Crippen molar-refractivity contribution in [3.8, 4) is 22.5 Å². The van der Waals surface area contributed by atoms with Gasteiger partial charge in [-0.3, -0.25) is 9.89 Å². The van der Waals surface area contributed by atoms with Crippen LogP contribution in [0.1, 0.15) is 28.8 Å². The van der Waals surface area contributed by atoms with Gasteiger partial charge in [0.05, 0.1) is 23.4 Å². The first-order valence-corrected chi connectivity index (χ1v) is 9.03. The van der Waals surface area contributed by atoms with Crippen LogP contribution in [0.15, 0.2) is 41.2 Å². The molecule has 142 valence electrons. The molecule has 3 aromatic heterocycles. The maximum Gasteiger partial charge on any atom is 0.354 e. The molecular formula is C21H20N4O3. The number of hydrogen-bond donors (Lipinski definition) is 3. The zero-order valence-corrected chi connectivity index (χ0v) is 15.8. The molecule has 7 nitrogen and oxygen atoms in total. The largest absolute Gasteiger partial charge is 0.461 e. The van der Waals surface area contributed by atoms with Crippen molar-refractivity contribution in [1.29, 1.82) is 0 Å². The summed E-state index contributed by atoms with van der Waals surface area (Å²) < 4.78 is 5.02. The lowest BCUT2D eigenvalue weighted by Gasteiger charge is -2.04. The highest BCUT2D eigenvalue weighted by Crippen LogP contribution is 2.30. The van der Waals surface area contributed by atoms with E-state index in [1.54, 1.807) is 13.0 Å². The van der Waals surface area contributed by atoms with Crippen molar-refractivity contribution >= 4 is 16.7 Å². The van der Waals surface area contributed by atoms with E-state index in [1.807, 2.05) is 44.2 Å². The summed E-state index contributed by atoms with van der Waals surface area (Å²) in [6.07, 6.45) is 0. The third-order valence-electron chi connectivity index (χ3n) is 4.66. The molecule has 1 aromatic carbocycles. The molecule has 0 aliphatic carbocycles. The van der Waals surface area contributed by atoms with Crippen molar-refractivity contribution in [2.75, 3.05) is 6.61 Å². The average molecular weight is 376 g/mol. The molecule has 0 saturated heterocycles. The van der Waals surface area contributed by atoms with Crippen LogP contribution in [-0.2, 0) is 4.74 Å². The van der Waals surface area contributed by atoms with Crippen LogP contribution in [-0.4, -0.2) is 32.7 Å². The summed E-state index contributed by atoms with van der Waals surface area (Å²) in [7, 11) is 0. The Morgan fingerprint density at radius 2 is 1.79 bits per heavy atom. The van der Waals surface area contributed by atoms with E-state index in [9.17, 15) is 9.59 Å². The van der Waals surface area contributed by atoms with E-state index in [4.69, 9.17) is 4.74 Å². The maximum absolute atomic E-state index is 12.5. The topological polar surface area (TPSA) is 104 Å². The molecule has 4 aromatic rings. The lowest BCUT2D eigenvalue weighted by molar-refractivity contribution is 0.0519. The Morgan fingerprint density at radius 3 is 2.43 bits per heavy atom. The quantitative estimate of drug-likeness (QED) is 0.472. The second-order valence-corrected chi connectivity index (χ2v) is 6.66. The monoisotopic (exact) mass is 376 g/mol. The lowest BCUT2D eigenvalue weighted by Crippen LogP contribution is -2.15. The van der Waals surface area contributed by atoms with Gasteiger partial charge in [-0.25, -0.2) is 4.79 Å². The van der Waals surface area contributed by atoms with Crippen LogP contribution in [0.2, 0.25) is 0 Å². The Hall–Kier alpha value is -3.61. The van der Waals surface area contributed by atoms with Crippen molar-refractivity contribution in [2.45, 2.75) is 20.8 Å². The zero-order chi connectivity index (χ0) is 19.8. The zero-order valence-electron chi connectivity index (χ0n) is 15.8. The number of esters is 1. The van der Waals surface area contributed by atoms with Crippen LogP contribution in [0.3, 0.4) is 0 Å². The number of aromatic nitrogens is 4. The highest BCUT2D eigenvalue weighted by molar-refractivity contribution is 6.01. The molecule has 0 atom stereocenters. The predicted molar refractivity (Wildman–Crippen MR) is 107 cm³/mol. The third-order valence-corrected chi connectivity index (χ3v) is 4.66. The van der Waals surface area contributed by atoms with E-state index >= 15 is 0 Å². The minimum absolute atomic E-state index is 0.142. The van der Waals surface area contributed by atoms with Crippen LogP contribution < -0.4 is 5.56 Å². The van der Waals surface area contributed by atoms with Crippen LogP contribution in [0.25, 0.3) is 33.3 Å². The molecule has 0 bridgehead atoms. The van der Waals surface area contributed by atoms with E-state index < -0.39 is 5.97 Å². The van der Waals surface area contributed by atoms with Gasteiger partial charge in [0.1, 0.15) is 5.69 Å². The number of benzene rings is 1. The van der Waals surface area contributed by atoms with Crippen molar-refractivity contribution < 1.29 is 9.53 Å². The fourth-order valence-corrected chi connectivity index (χ4v) is 3.37. The number of rotatable bonds is 4. The van der Waals surface area contributed by atoms with Gasteiger partial charge < -0.3 is 14.7 Å². The van der Waals surface area contributed by atoms with Crippen LogP contribution in [0, 0.1) is 13.8 Å². The molecule has 3 heterocycles. The molecular weight excluding hydrogens is 356 g/mol. The first-order valence-electron chi connectivity index (χ1n) is 9.03. The second-order valence-electron chi connectivity index (χ2n) is 6.66. The van der Waals surface area contributed by atoms with Crippen molar-refractivity contribution in [1.82, 2.24) is 20.2 Å². The van der Waals surface area contributed by atoms with Crippen LogP contribution in [0.5, 0.6) is 0 Å². The van der Waals surface area contributed by atoms with Crippen LogP contribution in [0.4, 0.5) is 0 Å². The number of carbonyl (C=O) groups is 1. The Labute approximate surface area is 160 Å². The first kappa shape index (κ1) is 17.8. The SMILES string of the molecule is CCOC(=O)c1cc2c(-c3ccc(-c4cc(C)[nH]n4)cc3)[nH]c(C)c2c(=O)[nH]1. The maximum atomic E-state index is 12.5. The summed E-state index contributed by atoms with van der Waals surface area (Å²) in [5.74, 6) is -0.546. The number of carbonyl (C=O) groups excluding carboxylic acids is 1. The van der Waals surface area contributed by atoms with Gasteiger partial charge in [0, 0.05) is 22.3 Å².